The van der Waals surface area contributed by atoms with E-state index in [-0.39, 0.29) is 0 Å². The Hall–Kier alpha value is -1.48. The smallest absolute Gasteiger partial charge is 0.0547 e. The van der Waals surface area contributed by atoms with Crippen LogP contribution in [0, 0.1) is 6.92 Å². The van der Waals surface area contributed by atoms with Crippen molar-refractivity contribution in [2.45, 2.75) is 32.2 Å². The van der Waals surface area contributed by atoms with Crippen LogP contribution in [0.5, 0.6) is 0 Å². The summed E-state index contributed by atoms with van der Waals surface area (Å²) in [5.74, 6) is 0. The van der Waals surface area contributed by atoms with E-state index in [9.17, 15) is 0 Å². The molecule has 0 bridgehead atoms. The molecule has 0 radical (unpaired) electrons. The topological polar surface area (TPSA) is 29.9 Å². The molecule has 0 saturated heterocycles. The molecule has 3 rings (SSSR count). The van der Waals surface area contributed by atoms with Gasteiger partial charge in [0.05, 0.1) is 12.2 Å². The molecule has 2 aromatic rings. The molecule has 0 spiro atoms. The van der Waals surface area contributed by atoms with Crippen LogP contribution < -0.4 is 5.32 Å². The highest BCUT2D eigenvalue weighted by Gasteiger charge is 2.23. The molecule has 1 aliphatic carbocycles. The summed E-state index contributed by atoms with van der Waals surface area (Å²) in [5.41, 5.74) is 5.04. The number of nitrogens with one attached hydrogen (secondary N) is 1. The van der Waals surface area contributed by atoms with Gasteiger partial charge in [-0.15, -0.1) is 0 Å². The second-order valence-electron chi connectivity index (χ2n) is 5.22. The predicted octanol–water partition coefficient (Wildman–Crippen LogP) is 3.87. The van der Waals surface area contributed by atoms with Crippen molar-refractivity contribution < 1.29 is 0 Å². The largest absolute Gasteiger partial charge is 0.378 e. The molecule has 19 heavy (non-hydrogen) atoms. The first-order chi connectivity index (χ1) is 9.15. The van der Waals surface area contributed by atoms with Crippen molar-refractivity contribution in [1.82, 2.24) is 9.78 Å². The summed E-state index contributed by atoms with van der Waals surface area (Å²) in [5, 5.41) is 8.80. The highest BCUT2D eigenvalue weighted by Crippen LogP contribution is 2.33. The Bertz CT molecular complexity index is 603. The van der Waals surface area contributed by atoms with Crippen LogP contribution >= 0.6 is 11.6 Å². The number of aromatic nitrogens is 2. The van der Waals surface area contributed by atoms with Crippen LogP contribution in [-0.2, 0) is 13.5 Å². The molecular formula is C15H18ClN3. The second-order valence-corrected chi connectivity index (χ2v) is 5.66. The van der Waals surface area contributed by atoms with Crippen LogP contribution in [0.1, 0.15) is 35.7 Å². The summed E-state index contributed by atoms with van der Waals surface area (Å²) in [4.78, 5) is 0. The van der Waals surface area contributed by atoms with Crippen LogP contribution in [0.25, 0.3) is 0 Å². The average Bonchev–Trinajstić information content (AvgIpc) is 2.76. The van der Waals surface area contributed by atoms with Crippen LogP contribution in [0.3, 0.4) is 0 Å². The van der Waals surface area contributed by atoms with E-state index in [1.807, 2.05) is 30.1 Å². The maximum absolute atomic E-state index is 6.00. The standard InChI is InChI=1S/C15H18ClN3/c1-10-8-11(16)6-7-13(10)18-14-4-3-5-15-12(14)9-17-19(15)2/h6-9,14,18H,3-5H2,1-2H3. The molecule has 1 aromatic heterocycles. The van der Waals surface area contributed by atoms with Gasteiger partial charge in [-0.3, -0.25) is 4.68 Å². The summed E-state index contributed by atoms with van der Waals surface area (Å²) >= 11 is 6.00. The lowest BCUT2D eigenvalue weighted by Crippen LogP contribution is -2.18. The van der Waals surface area contributed by atoms with Gasteiger partial charge in [-0.1, -0.05) is 11.6 Å². The third-order valence-corrected chi connectivity index (χ3v) is 4.13. The van der Waals surface area contributed by atoms with Crippen molar-refractivity contribution in [3.63, 3.8) is 0 Å². The Morgan fingerprint density at radius 3 is 3.05 bits per heavy atom. The second kappa shape index (κ2) is 4.89. The van der Waals surface area contributed by atoms with Crippen LogP contribution in [0.15, 0.2) is 24.4 Å². The fourth-order valence-electron chi connectivity index (χ4n) is 2.83. The SMILES string of the molecule is Cc1cc(Cl)ccc1NC1CCCc2c1cnn2C. The van der Waals surface area contributed by atoms with E-state index in [1.54, 1.807) is 0 Å². The van der Waals surface area contributed by atoms with Crippen molar-refractivity contribution in [1.29, 1.82) is 0 Å². The molecule has 3 nitrogen and oxygen atoms in total. The van der Waals surface area contributed by atoms with Gasteiger partial charge < -0.3 is 5.32 Å². The molecule has 0 fully saturated rings. The Morgan fingerprint density at radius 2 is 2.26 bits per heavy atom. The molecule has 1 heterocycles. The first-order valence-corrected chi connectivity index (χ1v) is 7.06. The Morgan fingerprint density at radius 1 is 1.42 bits per heavy atom. The van der Waals surface area contributed by atoms with Gasteiger partial charge in [-0.25, -0.2) is 0 Å². The molecule has 1 aromatic carbocycles. The van der Waals surface area contributed by atoms with Crippen LogP contribution in [-0.4, -0.2) is 9.78 Å². The maximum Gasteiger partial charge on any atom is 0.0547 e. The van der Waals surface area contributed by atoms with Crippen molar-refractivity contribution in [3.05, 3.63) is 46.2 Å². The number of halogens is 1. The predicted molar refractivity (Wildman–Crippen MR) is 78.7 cm³/mol. The maximum atomic E-state index is 6.00. The van der Waals surface area contributed by atoms with E-state index in [1.165, 1.54) is 23.2 Å². The number of fused-ring (bicyclic) bond motifs is 1. The quantitative estimate of drug-likeness (QED) is 0.902. The third kappa shape index (κ3) is 2.35. The lowest BCUT2D eigenvalue weighted by Gasteiger charge is -2.25. The molecular weight excluding hydrogens is 258 g/mol. The number of rotatable bonds is 2. The summed E-state index contributed by atoms with van der Waals surface area (Å²) in [7, 11) is 2.02. The van der Waals surface area contributed by atoms with E-state index >= 15 is 0 Å². The molecule has 0 amide bonds. The fraction of sp³-hybridized carbons (Fsp3) is 0.400. The van der Waals surface area contributed by atoms with E-state index in [4.69, 9.17) is 11.6 Å². The Labute approximate surface area is 118 Å². The highest BCUT2D eigenvalue weighted by molar-refractivity contribution is 6.30. The number of benzene rings is 1. The average molecular weight is 276 g/mol. The minimum Gasteiger partial charge on any atom is -0.378 e. The molecule has 100 valence electrons. The number of anilines is 1. The molecule has 1 aliphatic rings. The van der Waals surface area contributed by atoms with Crippen molar-refractivity contribution in [2.24, 2.45) is 7.05 Å². The van der Waals surface area contributed by atoms with Crippen molar-refractivity contribution >= 4 is 17.3 Å². The summed E-state index contributed by atoms with van der Waals surface area (Å²) in [6.45, 7) is 2.08. The summed E-state index contributed by atoms with van der Waals surface area (Å²) < 4.78 is 2.00. The summed E-state index contributed by atoms with van der Waals surface area (Å²) in [6.07, 6.45) is 5.48. The lowest BCUT2D eigenvalue weighted by molar-refractivity contribution is 0.571. The van der Waals surface area contributed by atoms with E-state index in [0.29, 0.717) is 6.04 Å². The van der Waals surface area contributed by atoms with Gasteiger partial charge in [0.1, 0.15) is 0 Å². The number of aryl methyl sites for hydroxylation is 2. The molecule has 1 N–H and O–H groups in total. The number of nitrogens with zero attached hydrogens (tertiary/aromatic N) is 2. The van der Waals surface area contributed by atoms with Gasteiger partial charge in [0, 0.05) is 29.0 Å². The molecule has 1 atom stereocenters. The van der Waals surface area contributed by atoms with Crippen molar-refractivity contribution in [3.8, 4) is 0 Å². The number of hydrogen-bond acceptors (Lipinski definition) is 2. The molecule has 1 unspecified atom stereocenters. The fourth-order valence-corrected chi connectivity index (χ4v) is 3.06. The Kier molecular flexibility index (Phi) is 3.23. The summed E-state index contributed by atoms with van der Waals surface area (Å²) in [6, 6.07) is 6.35. The van der Waals surface area contributed by atoms with Gasteiger partial charge in [0.25, 0.3) is 0 Å². The van der Waals surface area contributed by atoms with E-state index in [0.717, 1.165) is 23.6 Å². The first kappa shape index (κ1) is 12.5. The zero-order valence-corrected chi connectivity index (χ0v) is 12.0. The minimum atomic E-state index is 0.359. The highest BCUT2D eigenvalue weighted by atomic mass is 35.5. The molecule has 0 saturated carbocycles. The van der Waals surface area contributed by atoms with Gasteiger partial charge in [-0.05, 0) is 49.9 Å². The van der Waals surface area contributed by atoms with E-state index < -0.39 is 0 Å². The lowest BCUT2D eigenvalue weighted by atomic mass is 9.92. The normalized spacial score (nSPS) is 18.2. The first-order valence-electron chi connectivity index (χ1n) is 6.68. The van der Waals surface area contributed by atoms with E-state index in [2.05, 4.69) is 23.4 Å². The minimum absolute atomic E-state index is 0.359. The third-order valence-electron chi connectivity index (χ3n) is 3.89. The molecule has 4 heteroatoms. The van der Waals surface area contributed by atoms with Gasteiger partial charge in [0.2, 0.25) is 0 Å². The zero-order chi connectivity index (χ0) is 13.4. The van der Waals surface area contributed by atoms with Gasteiger partial charge in [0.15, 0.2) is 0 Å². The zero-order valence-electron chi connectivity index (χ0n) is 11.3. The van der Waals surface area contributed by atoms with Crippen LogP contribution in [0.4, 0.5) is 5.69 Å². The van der Waals surface area contributed by atoms with Crippen LogP contribution in [0.2, 0.25) is 5.02 Å². The Balaban J connectivity index is 1.88. The number of hydrogen-bond donors (Lipinski definition) is 1. The monoisotopic (exact) mass is 275 g/mol. The van der Waals surface area contributed by atoms with Gasteiger partial charge in [-0.2, -0.15) is 5.10 Å². The van der Waals surface area contributed by atoms with Gasteiger partial charge >= 0.3 is 0 Å². The van der Waals surface area contributed by atoms with Crippen molar-refractivity contribution in [2.75, 3.05) is 5.32 Å². The molecule has 0 aliphatic heterocycles.